The molecule has 0 aliphatic rings. The van der Waals surface area contributed by atoms with Crippen LogP contribution in [0.2, 0.25) is 0 Å². The number of esters is 2. The van der Waals surface area contributed by atoms with Crippen molar-refractivity contribution in [3.05, 3.63) is 72.9 Å². The van der Waals surface area contributed by atoms with Crippen molar-refractivity contribution >= 4 is 17.7 Å². The Morgan fingerprint density at radius 2 is 1.67 bits per heavy atom. The first-order valence-electron chi connectivity index (χ1n) is 6.98. The van der Waals surface area contributed by atoms with Gasteiger partial charge in [0.2, 0.25) is 5.78 Å². The molecule has 0 amide bonds. The van der Waals surface area contributed by atoms with Crippen LogP contribution in [0.3, 0.4) is 0 Å². The third-order valence-electron chi connectivity index (χ3n) is 2.84. The van der Waals surface area contributed by atoms with Crippen LogP contribution in [0.15, 0.2) is 67.3 Å². The Morgan fingerprint density at radius 1 is 1.08 bits per heavy atom. The fraction of sp³-hybridized carbons (Fsp3) is 0.167. The van der Waals surface area contributed by atoms with Crippen LogP contribution in [0.25, 0.3) is 0 Å². The van der Waals surface area contributed by atoms with Crippen LogP contribution in [0.1, 0.15) is 16.8 Å². The average molecular weight is 330 g/mol. The summed E-state index contributed by atoms with van der Waals surface area (Å²) in [5, 5.41) is 9.69. The number of aliphatic hydroxyl groups is 1. The molecule has 0 radical (unpaired) electrons. The van der Waals surface area contributed by atoms with Crippen molar-refractivity contribution in [3.8, 4) is 0 Å². The number of Topliss-reactive ketones (excluding diaryl/α,β-unsaturated/α-hetero) is 1. The van der Waals surface area contributed by atoms with Crippen LogP contribution in [-0.2, 0) is 19.1 Å². The number of benzene rings is 1. The Balaban J connectivity index is 2.56. The van der Waals surface area contributed by atoms with E-state index in [2.05, 4.69) is 24.5 Å². The number of rotatable bonds is 9. The highest BCUT2D eigenvalue weighted by molar-refractivity contribution is 6.00. The summed E-state index contributed by atoms with van der Waals surface area (Å²) in [5.74, 6) is -2.48. The van der Waals surface area contributed by atoms with Crippen molar-refractivity contribution in [2.75, 3.05) is 6.61 Å². The van der Waals surface area contributed by atoms with E-state index in [-0.39, 0.29) is 29.7 Å². The first-order chi connectivity index (χ1) is 11.4. The molecule has 0 fully saturated rings. The lowest BCUT2D eigenvalue weighted by Crippen LogP contribution is -2.27. The SMILES string of the molecule is C=CCOC(=O)C(=C)CC(=C)C(=O)OC(O)C(=O)c1ccccc1. The van der Waals surface area contributed by atoms with Crippen LogP contribution < -0.4 is 0 Å². The Morgan fingerprint density at radius 3 is 2.25 bits per heavy atom. The van der Waals surface area contributed by atoms with E-state index in [4.69, 9.17) is 4.74 Å². The zero-order chi connectivity index (χ0) is 18.1. The molecule has 0 aliphatic carbocycles. The van der Waals surface area contributed by atoms with Gasteiger partial charge in [-0.15, -0.1) is 0 Å². The van der Waals surface area contributed by atoms with Crippen molar-refractivity contribution in [1.29, 1.82) is 0 Å². The second-order valence-electron chi connectivity index (χ2n) is 4.76. The summed E-state index contributed by atoms with van der Waals surface area (Å²) in [6.07, 6.45) is -0.779. The number of ether oxygens (including phenoxy) is 2. The first kappa shape index (κ1) is 19.1. The van der Waals surface area contributed by atoms with Gasteiger partial charge in [-0.25, -0.2) is 9.59 Å². The summed E-state index contributed by atoms with van der Waals surface area (Å²) in [7, 11) is 0. The lowest BCUT2D eigenvalue weighted by molar-refractivity contribution is -0.156. The van der Waals surface area contributed by atoms with Crippen molar-refractivity contribution in [2.45, 2.75) is 12.7 Å². The van der Waals surface area contributed by atoms with E-state index >= 15 is 0 Å². The number of carbonyl (C=O) groups is 3. The predicted octanol–water partition coefficient (Wildman–Crippen LogP) is 1.96. The molecule has 1 N–H and O–H groups in total. The second-order valence-corrected chi connectivity index (χ2v) is 4.76. The molecule has 1 atom stereocenters. The molecular formula is C18H18O6. The molecule has 6 heteroatoms. The highest BCUT2D eigenvalue weighted by atomic mass is 16.6. The van der Waals surface area contributed by atoms with Crippen LogP contribution in [-0.4, -0.2) is 35.7 Å². The molecule has 1 aromatic carbocycles. The lowest BCUT2D eigenvalue weighted by Gasteiger charge is -2.12. The van der Waals surface area contributed by atoms with Gasteiger partial charge in [-0.1, -0.05) is 56.1 Å². The maximum Gasteiger partial charge on any atom is 0.336 e. The van der Waals surface area contributed by atoms with E-state index in [0.29, 0.717) is 0 Å². The van der Waals surface area contributed by atoms with Crippen LogP contribution in [0.5, 0.6) is 0 Å². The fourth-order valence-corrected chi connectivity index (χ4v) is 1.62. The van der Waals surface area contributed by atoms with Gasteiger partial charge in [0.25, 0.3) is 6.29 Å². The smallest absolute Gasteiger partial charge is 0.336 e. The lowest BCUT2D eigenvalue weighted by atomic mass is 10.1. The monoisotopic (exact) mass is 330 g/mol. The van der Waals surface area contributed by atoms with Crippen molar-refractivity contribution in [2.24, 2.45) is 0 Å². The Labute approximate surface area is 139 Å². The molecule has 0 aliphatic heterocycles. The van der Waals surface area contributed by atoms with Gasteiger partial charge < -0.3 is 14.6 Å². The van der Waals surface area contributed by atoms with Gasteiger partial charge in [0, 0.05) is 23.1 Å². The maximum absolute atomic E-state index is 11.9. The van der Waals surface area contributed by atoms with E-state index in [9.17, 15) is 19.5 Å². The maximum atomic E-state index is 11.9. The van der Waals surface area contributed by atoms with Gasteiger partial charge in [0.15, 0.2) is 0 Å². The molecule has 0 saturated carbocycles. The summed E-state index contributed by atoms with van der Waals surface area (Å²) in [4.78, 5) is 35.2. The minimum atomic E-state index is -1.96. The Hall–Kier alpha value is -2.99. The molecule has 0 aromatic heterocycles. The Kier molecular flexibility index (Phi) is 7.32. The fourth-order valence-electron chi connectivity index (χ4n) is 1.62. The predicted molar refractivity (Wildman–Crippen MR) is 86.9 cm³/mol. The molecule has 1 unspecified atom stereocenters. The summed E-state index contributed by atoms with van der Waals surface area (Å²) in [5.41, 5.74) is 0.0407. The minimum absolute atomic E-state index is 0.0114. The summed E-state index contributed by atoms with van der Waals surface area (Å²) < 4.78 is 9.41. The number of hydrogen-bond acceptors (Lipinski definition) is 6. The standard InChI is InChI=1S/C18H18O6/c1-4-10-23-16(20)12(2)11-13(3)17(21)24-18(22)15(19)14-8-6-5-7-9-14/h4-9,18,22H,1-3,10-11H2. The molecular weight excluding hydrogens is 312 g/mol. The van der Waals surface area contributed by atoms with Crippen LogP contribution >= 0.6 is 0 Å². The third-order valence-corrected chi connectivity index (χ3v) is 2.84. The number of aliphatic hydroxyl groups excluding tert-OH is 1. The minimum Gasteiger partial charge on any atom is -0.458 e. The average Bonchev–Trinajstić information content (AvgIpc) is 2.59. The normalized spacial score (nSPS) is 11.0. The molecule has 0 spiro atoms. The van der Waals surface area contributed by atoms with Crippen LogP contribution in [0.4, 0.5) is 0 Å². The molecule has 6 nitrogen and oxygen atoms in total. The van der Waals surface area contributed by atoms with Crippen molar-refractivity contribution in [3.63, 3.8) is 0 Å². The van der Waals surface area contributed by atoms with Crippen LogP contribution in [0, 0.1) is 0 Å². The third kappa shape index (κ3) is 5.66. The highest BCUT2D eigenvalue weighted by Gasteiger charge is 2.23. The summed E-state index contributed by atoms with van der Waals surface area (Å²) in [6, 6.07) is 7.88. The quantitative estimate of drug-likeness (QED) is 0.245. The summed E-state index contributed by atoms with van der Waals surface area (Å²) >= 11 is 0. The van der Waals surface area contributed by atoms with Gasteiger partial charge in [0.1, 0.15) is 6.61 Å². The molecule has 0 bridgehead atoms. The van der Waals surface area contributed by atoms with E-state index in [0.717, 1.165) is 0 Å². The highest BCUT2D eigenvalue weighted by Crippen LogP contribution is 2.13. The van der Waals surface area contributed by atoms with Gasteiger partial charge in [-0.05, 0) is 0 Å². The first-order valence-corrected chi connectivity index (χ1v) is 6.98. The molecule has 0 heterocycles. The second kappa shape index (κ2) is 9.22. The van der Waals surface area contributed by atoms with Crippen molar-refractivity contribution < 1.29 is 29.0 Å². The van der Waals surface area contributed by atoms with Crippen molar-refractivity contribution in [1.82, 2.24) is 0 Å². The topological polar surface area (TPSA) is 89.9 Å². The van der Waals surface area contributed by atoms with Gasteiger partial charge in [-0.3, -0.25) is 4.79 Å². The Bertz CT molecular complexity index is 659. The van der Waals surface area contributed by atoms with Gasteiger partial charge in [0.05, 0.1) is 0 Å². The van der Waals surface area contributed by atoms with E-state index < -0.39 is 24.0 Å². The van der Waals surface area contributed by atoms with E-state index in [1.807, 2.05) is 0 Å². The van der Waals surface area contributed by atoms with E-state index in [1.54, 1.807) is 18.2 Å². The number of carbonyl (C=O) groups excluding carboxylic acids is 3. The molecule has 1 aromatic rings. The zero-order valence-electron chi connectivity index (χ0n) is 13.1. The van der Waals surface area contributed by atoms with Gasteiger partial charge in [-0.2, -0.15) is 0 Å². The number of ketones is 1. The zero-order valence-corrected chi connectivity index (χ0v) is 13.1. The summed E-state index contributed by atoms with van der Waals surface area (Å²) in [6.45, 7) is 10.4. The number of hydrogen-bond donors (Lipinski definition) is 1. The molecule has 24 heavy (non-hydrogen) atoms. The molecule has 0 saturated heterocycles. The molecule has 1 rings (SSSR count). The largest absolute Gasteiger partial charge is 0.458 e. The molecule has 126 valence electrons. The van der Waals surface area contributed by atoms with Gasteiger partial charge >= 0.3 is 11.9 Å². The van der Waals surface area contributed by atoms with E-state index in [1.165, 1.54) is 18.2 Å².